The summed E-state index contributed by atoms with van der Waals surface area (Å²) in [7, 11) is 3.85. The Morgan fingerprint density at radius 3 is 2.29 bits per heavy atom. The smallest absolute Gasteiger partial charge is 0.148 e. The van der Waals surface area contributed by atoms with Crippen molar-refractivity contribution in [2.45, 2.75) is 19.8 Å². The molecule has 0 atom stereocenters. The van der Waals surface area contributed by atoms with Crippen LogP contribution in [0.5, 0.6) is 0 Å². The fourth-order valence-electron chi connectivity index (χ4n) is 1.02. The van der Waals surface area contributed by atoms with E-state index < -0.39 is 0 Å². The van der Waals surface area contributed by atoms with E-state index in [1.54, 1.807) is 0 Å². The maximum Gasteiger partial charge on any atom is 0.148 e. The lowest BCUT2D eigenvalue weighted by molar-refractivity contribution is 0.771. The van der Waals surface area contributed by atoms with Crippen LogP contribution in [0.2, 0.25) is 0 Å². The number of nitrogens with two attached hydrogens (primary N) is 1. The summed E-state index contributed by atoms with van der Waals surface area (Å²) in [6.07, 6.45) is 0. The minimum absolute atomic E-state index is 0.282. The quantitative estimate of drug-likeness (QED) is 0.882. The van der Waals surface area contributed by atoms with Crippen LogP contribution in [0.3, 0.4) is 0 Å². The lowest BCUT2D eigenvalue weighted by Gasteiger charge is -2.16. The van der Waals surface area contributed by atoms with Gasteiger partial charge in [-0.15, -0.1) is 0 Å². The molecule has 1 heterocycles. The summed E-state index contributed by atoms with van der Waals surface area (Å²) < 4.78 is 0.756. The molecule has 0 aliphatic rings. The third kappa shape index (κ3) is 2.15. The Morgan fingerprint density at radius 2 is 1.86 bits per heavy atom. The minimum atomic E-state index is 0.282. The second kappa shape index (κ2) is 4.13. The third-order valence-electron chi connectivity index (χ3n) is 1.82. The van der Waals surface area contributed by atoms with E-state index in [0.29, 0.717) is 5.82 Å². The first kappa shape index (κ1) is 11.2. The van der Waals surface area contributed by atoms with Gasteiger partial charge in [0.25, 0.3) is 0 Å². The van der Waals surface area contributed by atoms with Gasteiger partial charge in [0.05, 0.1) is 0 Å². The van der Waals surface area contributed by atoms with Gasteiger partial charge >= 0.3 is 0 Å². The molecule has 0 unspecified atom stereocenters. The summed E-state index contributed by atoms with van der Waals surface area (Å²) in [5.41, 5.74) is 5.77. The van der Waals surface area contributed by atoms with Crippen LogP contribution in [-0.4, -0.2) is 24.1 Å². The SMILES string of the molecule is CC(C)c1nc(N)c(Br)c(N(C)C)n1. The number of aromatic nitrogens is 2. The molecule has 2 N–H and O–H groups in total. The van der Waals surface area contributed by atoms with Gasteiger partial charge in [-0.3, -0.25) is 0 Å². The highest BCUT2D eigenvalue weighted by Gasteiger charge is 2.13. The zero-order valence-corrected chi connectivity index (χ0v) is 10.5. The number of nitrogens with zero attached hydrogens (tertiary/aromatic N) is 3. The fourth-order valence-corrected chi connectivity index (χ4v) is 1.56. The molecule has 1 rings (SSSR count). The molecular formula is C9H15BrN4. The molecule has 0 saturated heterocycles. The molecule has 0 spiro atoms. The predicted molar refractivity (Wildman–Crippen MR) is 62.6 cm³/mol. The fraction of sp³-hybridized carbons (Fsp3) is 0.556. The Bertz CT molecular complexity index is 336. The van der Waals surface area contributed by atoms with E-state index >= 15 is 0 Å². The summed E-state index contributed by atoms with van der Waals surface area (Å²) in [6.45, 7) is 4.09. The molecule has 0 bridgehead atoms. The normalized spacial score (nSPS) is 10.7. The number of hydrogen-bond acceptors (Lipinski definition) is 4. The van der Waals surface area contributed by atoms with E-state index in [4.69, 9.17) is 5.73 Å². The highest BCUT2D eigenvalue weighted by Crippen LogP contribution is 2.28. The summed E-state index contributed by atoms with van der Waals surface area (Å²) >= 11 is 3.37. The van der Waals surface area contributed by atoms with Crippen LogP contribution in [0.15, 0.2) is 4.47 Å². The number of rotatable bonds is 2. The van der Waals surface area contributed by atoms with Crippen molar-refractivity contribution in [3.05, 3.63) is 10.3 Å². The van der Waals surface area contributed by atoms with Crippen molar-refractivity contribution in [3.63, 3.8) is 0 Å². The van der Waals surface area contributed by atoms with Crippen LogP contribution in [0.4, 0.5) is 11.6 Å². The third-order valence-corrected chi connectivity index (χ3v) is 2.58. The van der Waals surface area contributed by atoms with Gasteiger partial charge in [0.2, 0.25) is 0 Å². The Morgan fingerprint density at radius 1 is 1.29 bits per heavy atom. The molecular weight excluding hydrogens is 244 g/mol. The van der Waals surface area contributed by atoms with Gasteiger partial charge in [0.1, 0.15) is 21.9 Å². The molecule has 0 aromatic carbocycles. The first-order valence-electron chi connectivity index (χ1n) is 4.43. The Balaban J connectivity index is 3.28. The standard InChI is InChI=1S/C9H15BrN4/c1-5(2)8-12-7(11)6(10)9(13-8)14(3)4/h5H,1-4H3,(H2,11,12,13). The second-order valence-electron chi connectivity index (χ2n) is 3.65. The predicted octanol–water partition coefficient (Wildman–Crippen LogP) is 2.01. The summed E-state index contributed by atoms with van der Waals surface area (Å²) in [5.74, 6) is 2.37. The highest BCUT2D eigenvalue weighted by atomic mass is 79.9. The zero-order valence-electron chi connectivity index (χ0n) is 8.87. The number of anilines is 2. The van der Waals surface area contributed by atoms with Crippen LogP contribution in [0.25, 0.3) is 0 Å². The molecule has 5 heteroatoms. The maximum absolute atomic E-state index is 5.77. The van der Waals surface area contributed by atoms with Crippen molar-refractivity contribution in [2.75, 3.05) is 24.7 Å². The van der Waals surface area contributed by atoms with Gasteiger partial charge in [-0.1, -0.05) is 13.8 Å². The first-order chi connectivity index (χ1) is 6.43. The van der Waals surface area contributed by atoms with Crippen molar-refractivity contribution in [1.29, 1.82) is 0 Å². The van der Waals surface area contributed by atoms with Crippen molar-refractivity contribution in [3.8, 4) is 0 Å². The molecule has 1 aromatic rings. The van der Waals surface area contributed by atoms with Gasteiger partial charge in [-0.25, -0.2) is 9.97 Å². The van der Waals surface area contributed by atoms with Gasteiger partial charge in [-0.05, 0) is 15.9 Å². The van der Waals surface area contributed by atoms with Gasteiger partial charge < -0.3 is 10.6 Å². The van der Waals surface area contributed by atoms with Crippen LogP contribution in [0.1, 0.15) is 25.6 Å². The van der Waals surface area contributed by atoms with Crippen LogP contribution >= 0.6 is 15.9 Å². The number of hydrogen-bond donors (Lipinski definition) is 1. The molecule has 0 radical (unpaired) electrons. The monoisotopic (exact) mass is 258 g/mol. The molecule has 78 valence electrons. The number of halogens is 1. The lowest BCUT2D eigenvalue weighted by atomic mass is 10.2. The molecule has 0 fully saturated rings. The molecule has 0 amide bonds. The summed E-state index contributed by atoms with van der Waals surface area (Å²) in [5, 5.41) is 0. The van der Waals surface area contributed by atoms with Crippen molar-refractivity contribution in [1.82, 2.24) is 9.97 Å². The van der Waals surface area contributed by atoms with E-state index in [1.165, 1.54) is 0 Å². The molecule has 1 aromatic heterocycles. The van der Waals surface area contributed by atoms with Crippen molar-refractivity contribution >= 4 is 27.6 Å². The molecule has 14 heavy (non-hydrogen) atoms. The topological polar surface area (TPSA) is 55.0 Å². The second-order valence-corrected chi connectivity index (χ2v) is 4.45. The Kier molecular flexibility index (Phi) is 3.31. The van der Waals surface area contributed by atoms with Crippen LogP contribution < -0.4 is 10.6 Å². The van der Waals surface area contributed by atoms with Gasteiger partial charge in [0, 0.05) is 20.0 Å². The minimum Gasteiger partial charge on any atom is -0.383 e. The first-order valence-corrected chi connectivity index (χ1v) is 5.23. The van der Waals surface area contributed by atoms with E-state index in [0.717, 1.165) is 16.1 Å². The van der Waals surface area contributed by atoms with Crippen LogP contribution in [0, 0.1) is 0 Å². The molecule has 0 saturated carbocycles. The lowest BCUT2D eigenvalue weighted by Crippen LogP contribution is -2.15. The number of nitrogen functional groups attached to an aromatic ring is 1. The van der Waals surface area contributed by atoms with E-state index in [2.05, 4.69) is 25.9 Å². The van der Waals surface area contributed by atoms with Gasteiger partial charge in [0.15, 0.2) is 0 Å². The average molecular weight is 259 g/mol. The van der Waals surface area contributed by atoms with Crippen LogP contribution in [-0.2, 0) is 0 Å². The largest absolute Gasteiger partial charge is 0.383 e. The Labute approximate surface area is 92.7 Å². The molecule has 0 aliphatic carbocycles. The average Bonchev–Trinajstić information content (AvgIpc) is 2.08. The summed E-state index contributed by atoms with van der Waals surface area (Å²) in [4.78, 5) is 10.5. The summed E-state index contributed by atoms with van der Waals surface area (Å²) in [6, 6.07) is 0. The molecule has 0 aliphatic heterocycles. The van der Waals surface area contributed by atoms with E-state index in [1.807, 2.05) is 32.8 Å². The Hall–Kier alpha value is -0.840. The van der Waals surface area contributed by atoms with Gasteiger partial charge in [-0.2, -0.15) is 0 Å². The van der Waals surface area contributed by atoms with Crippen molar-refractivity contribution in [2.24, 2.45) is 0 Å². The maximum atomic E-state index is 5.77. The highest BCUT2D eigenvalue weighted by molar-refractivity contribution is 9.10. The zero-order chi connectivity index (χ0) is 10.9. The van der Waals surface area contributed by atoms with E-state index in [9.17, 15) is 0 Å². The molecule has 4 nitrogen and oxygen atoms in total. The van der Waals surface area contributed by atoms with Crippen molar-refractivity contribution < 1.29 is 0 Å². The van der Waals surface area contributed by atoms with E-state index in [-0.39, 0.29) is 5.92 Å².